The van der Waals surface area contributed by atoms with Crippen molar-refractivity contribution in [2.45, 2.75) is 19.5 Å². The molecular formula is C11H17N5. The van der Waals surface area contributed by atoms with Crippen molar-refractivity contribution in [3.8, 4) is 0 Å². The van der Waals surface area contributed by atoms with Crippen molar-refractivity contribution >= 4 is 0 Å². The number of rotatable bonds is 4. The standard InChI is InChI=1S/C11H17N5/c1-4-16-8-10(6-14-16)11(12-2)9-5-13-15(3)7-9/h5-8,11-12H,4H2,1-3H3. The molecule has 0 saturated heterocycles. The van der Waals surface area contributed by atoms with Crippen LogP contribution in [0.15, 0.2) is 24.8 Å². The maximum absolute atomic E-state index is 4.29. The molecule has 86 valence electrons. The molecule has 2 rings (SSSR count). The molecule has 0 aromatic carbocycles. The van der Waals surface area contributed by atoms with Crippen LogP contribution in [0.5, 0.6) is 0 Å². The van der Waals surface area contributed by atoms with Crippen molar-refractivity contribution in [3.63, 3.8) is 0 Å². The fraction of sp³-hybridized carbons (Fsp3) is 0.455. The lowest BCUT2D eigenvalue weighted by Gasteiger charge is -2.11. The van der Waals surface area contributed by atoms with Crippen LogP contribution < -0.4 is 5.32 Å². The molecule has 5 heteroatoms. The number of hydrogen-bond donors (Lipinski definition) is 1. The zero-order valence-corrected chi connectivity index (χ0v) is 9.88. The van der Waals surface area contributed by atoms with Crippen molar-refractivity contribution in [3.05, 3.63) is 35.9 Å². The van der Waals surface area contributed by atoms with Crippen molar-refractivity contribution in [2.75, 3.05) is 7.05 Å². The highest BCUT2D eigenvalue weighted by molar-refractivity contribution is 5.25. The first kappa shape index (κ1) is 10.9. The summed E-state index contributed by atoms with van der Waals surface area (Å²) >= 11 is 0. The summed E-state index contributed by atoms with van der Waals surface area (Å²) in [4.78, 5) is 0. The van der Waals surface area contributed by atoms with Crippen molar-refractivity contribution in [1.29, 1.82) is 0 Å². The van der Waals surface area contributed by atoms with Gasteiger partial charge in [-0.1, -0.05) is 0 Å². The average Bonchev–Trinajstić information content (AvgIpc) is 2.89. The smallest absolute Gasteiger partial charge is 0.0636 e. The van der Waals surface area contributed by atoms with E-state index in [4.69, 9.17) is 0 Å². The van der Waals surface area contributed by atoms with Gasteiger partial charge in [0.25, 0.3) is 0 Å². The van der Waals surface area contributed by atoms with Crippen LogP contribution in [-0.2, 0) is 13.6 Å². The van der Waals surface area contributed by atoms with E-state index in [1.165, 1.54) is 0 Å². The van der Waals surface area contributed by atoms with Crippen LogP contribution in [0, 0.1) is 0 Å². The van der Waals surface area contributed by atoms with Gasteiger partial charge in [-0.15, -0.1) is 0 Å². The minimum Gasteiger partial charge on any atom is -0.309 e. The molecule has 1 atom stereocenters. The summed E-state index contributed by atoms with van der Waals surface area (Å²) in [5.74, 6) is 0. The highest BCUT2D eigenvalue weighted by Crippen LogP contribution is 2.20. The lowest BCUT2D eigenvalue weighted by Crippen LogP contribution is -2.16. The Hall–Kier alpha value is -1.62. The minimum absolute atomic E-state index is 0.161. The molecule has 0 aliphatic rings. The lowest BCUT2D eigenvalue weighted by atomic mass is 10.1. The predicted octanol–water partition coefficient (Wildman–Crippen LogP) is 0.945. The van der Waals surface area contributed by atoms with Crippen LogP contribution in [0.25, 0.3) is 0 Å². The van der Waals surface area contributed by atoms with Gasteiger partial charge in [-0.2, -0.15) is 10.2 Å². The number of nitrogens with one attached hydrogen (secondary N) is 1. The molecule has 1 unspecified atom stereocenters. The molecule has 2 aromatic heterocycles. The van der Waals surface area contributed by atoms with Gasteiger partial charge in [0.05, 0.1) is 18.4 Å². The Morgan fingerprint density at radius 3 is 2.44 bits per heavy atom. The van der Waals surface area contributed by atoms with Crippen molar-refractivity contribution in [2.24, 2.45) is 7.05 Å². The summed E-state index contributed by atoms with van der Waals surface area (Å²) < 4.78 is 3.74. The first-order valence-corrected chi connectivity index (χ1v) is 5.42. The van der Waals surface area contributed by atoms with E-state index in [-0.39, 0.29) is 6.04 Å². The third-order valence-electron chi connectivity index (χ3n) is 2.66. The molecule has 0 radical (unpaired) electrons. The first-order chi connectivity index (χ1) is 7.74. The van der Waals surface area contributed by atoms with E-state index in [0.29, 0.717) is 0 Å². The number of nitrogens with zero attached hydrogens (tertiary/aromatic N) is 4. The molecule has 2 aromatic rings. The van der Waals surface area contributed by atoms with Gasteiger partial charge in [-0.25, -0.2) is 0 Å². The third-order valence-corrected chi connectivity index (χ3v) is 2.66. The van der Waals surface area contributed by atoms with Gasteiger partial charge in [0.15, 0.2) is 0 Å². The summed E-state index contributed by atoms with van der Waals surface area (Å²) in [5.41, 5.74) is 2.32. The van der Waals surface area contributed by atoms with E-state index < -0.39 is 0 Å². The molecule has 0 saturated carbocycles. The Bertz CT molecular complexity index is 456. The van der Waals surface area contributed by atoms with E-state index in [9.17, 15) is 0 Å². The molecule has 5 nitrogen and oxygen atoms in total. The van der Waals surface area contributed by atoms with Crippen molar-refractivity contribution in [1.82, 2.24) is 24.9 Å². The molecule has 2 heterocycles. The molecule has 0 aliphatic heterocycles. The van der Waals surface area contributed by atoms with Crippen LogP contribution in [-0.4, -0.2) is 26.6 Å². The summed E-state index contributed by atoms with van der Waals surface area (Å²) in [6.07, 6.45) is 7.86. The van der Waals surface area contributed by atoms with E-state index >= 15 is 0 Å². The summed E-state index contributed by atoms with van der Waals surface area (Å²) in [6.45, 7) is 2.97. The Labute approximate surface area is 95.1 Å². The minimum atomic E-state index is 0.161. The monoisotopic (exact) mass is 219 g/mol. The van der Waals surface area contributed by atoms with E-state index in [1.54, 1.807) is 0 Å². The Balaban J connectivity index is 2.28. The summed E-state index contributed by atoms with van der Waals surface area (Å²) in [7, 11) is 3.87. The molecule has 1 N–H and O–H groups in total. The second-order valence-electron chi connectivity index (χ2n) is 3.80. The zero-order chi connectivity index (χ0) is 11.5. The van der Waals surface area contributed by atoms with Crippen LogP contribution >= 0.6 is 0 Å². The highest BCUT2D eigenvalue weighted by atomic mass is 15.3. The third kappa shape index (κ3) is 1.99. The molecule has 0 amide bonds. The summed E-state index contributed by atoms with van der Waals surface area (Å²) in [5, 5.41) is 11.8. The second kappa shape index (κ2) is 4.49. The topological polar surface area (TPSA) is 47.7 Å². The van der Waals surface area contributed by atoms with Gasteiger partial charge in [-0.3, -0.25) is 9.36 Å². The summed E-state index contributed by atoms with van der Waals surface area (Å²) in [6, 6.07) is 0.161. The first-order valence-electron chi connectivity index (χ1n) is 5.42. The van der Waals surface area contributed by atoms with Crippen LogP contribution in [0.1, 0.15) is 24.1 Å². The molecular weight excluding hydrogens is 202 g/mol. The highest BCUT2D eigenvalue weighted by Gasteiger charge is 2.15. The average molecular weight is 219 g/mol. The van der Waals surface area contributed by atoms with E-state index in [0.717, 1.165) is 17.7 Å². The van der Waals surface area contributed by atoms with Crippen molar-refractivity contribution < 1.29 is 0 Å². The Morgan fingerprint density at radius 1 is 1.25 bits per heavy atom. The van der Waals surface area contributed by atoms with Gasteiger partial charge in [0.2, 0.25) is 0 Å². The largest absolute Gasteiger partial charge is 0.309 e. The maximum Gasteiger partial charge on any atom is 0.0636 e. The Kier molecular flexibility index (Phi) is 3.05. The van der Waals surface area contributed by atoms with Gasteiger partial charge >= 0.3 is 0 Å². The molecule has 0 fully saturated rings. The quantitative estimate of drug-likeness (QED) is 0.832. The fourth-order valence-electron chi connectivity index (χ4n) is 1.82. The maximum atomic E-state index is 4.29. The molecule has 0 spiro atoms. The fourth-order valence-corrected chi connectivity index (χ4v) is 1.82. The van der Waals surface area contributed by atoms with Crippen LogP contribution in [0.2, 0.25) is 0 Å². The van der Waals surface area contributed by atoms with Gasteiger partial charge in [0, 0.05) is 37.1 Å². The number of aryl methyl sites for hydroxylation is 2. The van der Waals surface area contributed by atoms with Crippen LogP contribution in [0.3, 0.4) is 0 Å². The lowest BCUT2D eigenvalue weighted by molar-refractivity contribution is 0.653. The van der Waals surface area contributed by atoms with E-state index in [1.807, 2.05) is 42.0 Å². The van der Waals surface area contributed by atoms with Crippen LogP contribution in [0.4, 0.5) is 0 Å². The molecule has 16 heavy (non-hydrogen) atoms. The number of hydrogen-bond acceptors (Lipinski definition) is 3. The zero-order valence-electron chi connectivity index (χ0n) is 9.88. The van der Waals surface area contributed by atoms with Gasteiger partial charge in [-0.05, 0) is 14.0 Å². The van der Waals surface area contributed by atoms with E-state index in [2.05, 4.69) is 28.6 Å². The Morgan fingerprint density at radius 2 is 1.94 bits per heavy atom. The predicted molar refractivity (Wildman–Crippen MR) is 62.0 cm³/mol. The van der Waals surface area contributed by atoms with Gasteiger partial charge < -0.3 is 5.32 Å². The SMILES string of the molecule is CCn1cc(C(NC)c2cnn(C)c2)cn1. The van der Waals surface area contributed by atoms with Gasteiger partial charge in [0.1, 0.15) is 0 Å². The molecule has 0 bridgehead atoms. The normalized spacial score (nSPS) is 12.9. The number of aromatic nitrogens is 4. The second-order valence-corrected chi connectivity index (χ2v) is 3.80. The molecule has 0 aliphatic carbocycles.